The van der Waals surface area contributed by atoms with E-state index in [1.54, 1.807) is 0 Å². The van der Waals surface area contributed by atoms with Crippen molar-refractivity contribution in [3.8, 4) is 11.5 Å². The maximum Gasteiger partial charge on any atom is 0.234 e. The van der Waals surface area contributed by atoms with Crippen LogP contribution in [0.4, 0.5) is 0 Å². The van der Waals surface area contributed by atoms with Crippen LogP contribution in [-0.2, 0) is 4.79 Å². The van der Waals surface area contributed by atoms with Gasteiger partial charge < -0.3 is 9.47 Å². The lowest BCUT2D eigenvalue weighted by molar-refractivity contribution is -0.121. The fraction of sp³-hybridized carbons (Fsp3) is 0.462. The van der Waals surface area contributed by atoms with Crippen LogP contribution < -0.4 is 20.7 Å². The van der Waals surface area contributed by atoms with Crippen LogP contribution in [0.1, 0.15) is 26.2 Å². The first kappa shape index (κ1) is 14.3. The third-order valence-electron chi connectivity index (χ3n) is 2.27. The van der Waals surface area contributed by atoms with Crippen molar-refractivity contribution >= 4 is 5.91 Å². The van der Waals surface area contributed by atoms with Crippen LogP contribution in [0, 0.1) is 0 Å². The molecule has 0 aliphatic rings. The zero-order valence-electron chi connectivity index (χ0n) is 10.6. The molecule has 0 bridgehead atoms. The molecule has 18 heavy (non-hydrogen) atoms. The largest absolute Gasteiger partial charge is 0.494 e. The van der Waals surface area contributed by atoms with E-state index < -0.39 is 0 Å². The second-order valence-electron chi connectivity index (χ2n) is 3.84. The third-order valence-corrected chi connectivity index (χ3v) is 2.27. The Morgan fingerprint density at radius 3 is 2.22 bits per heavy atom. The van der Waals surface area contributed by atoms with Crippen molar-refractivity contribution < 1.29 is 14.3 Å². The summed E-state index contributed by atoms with van der Waals surface area (Å²) in [5.74, 6) is 6.40. The summed E-state index contributed by atoms with van der Waals surface area (Å²) in [6.07, 6.45) is 1.99. The van der Waals surface area contributed by atoms with Crippen LogP contribution in [0.5, 0.6) is 11.5 Å². The summed E-state index contributed by atoms with van der Waals surface area (Å²) in [6, 6.07) is 7.46. The average Bonchev–Trinajstić information content (AvgIpc) is 2.42. The Morgan fingerprint density at radius 1 is 1.17 bits per heavy atom. The van der Waals surface area contributed by atoms with Gasteiger partial charge in [0.2, 0.25) is 5.91 Å². The quantitative estimate of drug-likeness (QED) is 0.319. The summed E-state index contributed by atoms with van der Waals surface area (Å²) in [4.78, 5) is 10.9. The fourth-order valence-electron chi connectivity index (χ4n) is 1.35. The van der Waals surface area contributed by atoms with E-state index in [4.69, 9.17) is 15.3 Å². The Bertz CT molecular complexity index is 352. The normalized spacial score (nSPS) is 9.89. The molecule has 100 valence electrons. The van der Waals surface area contributed by atoms with Gasteiger partial charge in [0, 0.05) is 6.42 Å². The van der Waals surface area contributed by atoms with Crippen LogP contribution in [0.25, 0.3) is 0 Å². The van der Waals surface area contributed by atoms with Crippen LogP contribution in [0.3, 0.4) is 0 Å². The molecule has 0 saturated heterocycles. The lowest BCUT2D eigenvalue weighted by atomic mass is 10.3. The summed E-state index contributed by atoms with van der Waals surface area (Å²) in [5, 5.41) is 0. The number of benzene rings is 1. The van der Waals surface area contributed by atoms with E-state index in [0.29, 0.717) is 26.1 Å². The van der Waals surface area contributed by atoms with Crippen LogP contribution in [-0.4, -0.2) is 19.1 Å². The second kappa shape index (κ2) is 8.36. The number of amides is 1. The van der Waals surface area contributed by atoms with Crippen molar-refractivity contribution in [1.29, 1.82) is 0 Å². The molecule has 0 aliphatic carbocycles. The van der Waals surface area contributed by atoms with Gasteiger partial charge in [-0.3, -0.25) is 10.2 Å². The molecule has 1 rings (SSSR count). The molecule has 1 amide bonds. The molecule has 0 atom stereocenters. The van der Waals surface area contributed by atoms with Gasteiger partial charge in [-0.2, -0.15) is 0 Å². The second-order valence-corrected chi connectivity index (χ2v) is 3.84. The van der Waals surface area contributed by atoms with Crippen molar-refractivity contribution in [2.75, 3.05) is 13.2 Å². The molecule has 0 spiro atoms. The number of carbonyl (C=O) groups excluding carboxylic acids is 1. The lowest BCUT2D eigenvalue weighted by Crippen LogP contribution is -2.29. The molecule has 1 aromatic carbocycles. The summed E-state index contributed by atoms with van der Waals surface area (Å²) >= 11 is 0. The van der Waals surface area contributed by atoms with Gasteiger partial charge in [-0.25, -0.2) is 5.84 Å². The number of hydrogen-bond acceptors (Lipinski definition) is 4. The van der Waals surface area contributed by atoms with Gasteiger partial charge in [0.25, 0.3) is 0 Å². The molecule has 0 aliphatic heterocycles. The SMILES string of the molecule is CCCOc1ccc(OCCCC(=O)NN)cc1. The fourth-order valence-corrected chi connectivity index (χ4v) is 1.35. The van der Waals surface area contributed by atoms with E-state index in [-0.39, 0.29) is 5.91 Å². The number of ether oxygens (including phenoxy) is 2. The molecular weight excluding hydrogens is 232 g/mol. The highest BCUT2D eigenvalue weighted by atomic mass is 16.5. The first-order chi connectivity index (χ1) is 8.76. The number of rotatable bonds is 8. The third kappa shape index (κ3) is 5.54. The molecule has 0 radical (unpaired) electrons. The molecule has 0 heterocycles. The highest BCUT2D eigenvalue weighted by Crippen LogP contribution is 2.17. The summed E-state index contributed by atoms with van der Waals surface area (Å²) in [7, 11) is 0. The summed E-state index contributed by atoms with van der Waals surface area (Å²) in [5.41, 5.74) is 2.08. The minimum absolute atomic E-state index is 0.179. The standard InChI is InChI=1S/C13H20N2O3/c1-2-9-17-11-5-7-12(8-6-11)18-10-3-4-13(16)15-14/h5-8H,2-4,9-10,14H2,1H3,(H,15,16). The summed E-state index contributed by atoms with van der Waals surface area (Å²) in [6.45, 7) is 3.27. The van der Waals surface area contributed by atoms with Crippen molar-refractivity contribution in [1.82, 2.24) is 5.43 Å². The first-order valence-electron chi connectivity index (χ1n) is 6.11. The lowest BCUT2D eigenvalue weighted by Gasteiger charge is -2.07. The average molecular weight is 252 g/mol. The Labute approximate surface area is 107 Å². The molecule has 1 aromatic rings. The van der Waals surface area contributed by atoms with Crippen molar-refractivity contribution in [2.24, 2.45) is 5.84 Å². The topological polar surface area (TPSA) is 73.6 Å². The minimum Gasteiger partial charge on any atom is -0.494 e. The Hall–Kier alpha value is -1.75. The maximum absolute atomic E-state index is 10.9. The summed E-state index contributed by atoms with van der Waals surface area (Å²) < 4.78 is 10.9. The van der Waals surface area contributed by atoms with Crippen molar-refractivity contribution in [3.63, 3.8) is 0 Å². The molecular formula is C13H20N2O3. The van der Waals surface area contributed by atoms with E-state index in [1.807, 2.05) is 24.3 Å². The molecule has 0 fully saturated rings. The monoisotopic (exact) mass is 252 g/mol. The number of nitrogens with two attached hydrogens (primary N) is 1. The van der Waals surface area contributed by atoms with Gasteiger partial charge in [-0.05, 0) is 37.1 Å². The highest BCUT2D eigenvalue weighted by Gasteiger charge is 1.99. The zero-order chi connectivity index (χ0) is 13.2. The molecule has 5 heteroatoms. The van der Waals surface area contributed by atoms with E-state index >= 15 is 0 Å². The van der Waals surface area contributed by atoms with Crippen LogP contribution in [0.2, 0.25) is 0 Å². The van der Waals surface area contributed by atoms with Gasteiger partial charge >= 0.3 is 0 Å². The van der Waals surface area contributed by atoms with E-state index in [9.17, 15) is 4.79 Å². The van der Waals surface area contributed by atoms with E-state index in [0.717, 1.165) is 17.9 Å². The number of hydrogen-bond donors (Lipinski definition) is 2. The number of carbonyl (C=O) groups is 1. The predicted octanol–water partition coefficient (Wildman–Crippen LogP) is 1.62. The van der Waals surface area contributed by atoms with Crippen LogP contribution in [0.15, 0.2) is 24.3 Å². The van der Waals surface area contributed by atoms with Gasteiger partial charge in [-0.1, -0.05) is 6.92 Å². The van der Waals surface area contributed by atoms with Gasteiger partial charge in [0.15, 0.2) is 0 Å². The molecule has 3 N–H and O–H groups in total. The van der Waals surface area contributed by atoms with Crippen molar-refractivity contribution in [3.05, 3.63) is 24.3 Å². The van der Waals surface area contributed by atoms with Crippen LogP contribution >= 0.6 is 0 Å². The molecule has 5 nitrogen and oxygen atoms in total. The van der Waals surface area contributed by atoms with Crippen molar-refractivity contribution in [2.45, 2.75) is 26.2 Å². The van der Waals surface area contributed by atoms with Gasteiger partial charge in [0.1, 0.15) is 11.5 Å². The number of hydrazine groups is 1. The Balaban J connectivity index is 2.24. The van der Waals surface area contributed by atoms with Gasteiger partial charge in [-0.15, -0.1) is 0 Å². The maximum atomic E-state index is 10.9. The molecule has 0 unspecified atom stereocenters. The Kier molecular flexibility index (Phi) is 6.64. The van der Waals surface area contributed by atoms with E-state index in [2.05, 4.69) is 12.3 Å². The van der Waals surface area contributed by atoms with E-state index in [1.165, 1.54) is 0 Å². The smallest absolute Gasteiger partial charge is 0.234 e. The molecule has 0 aromatic heterocycles. The van der Waals surface area contributed by atoms with Gasteiger partial charge in [0.05, 0.1) is 13.2 Å². The Morgan fingerprint density at radius 2 is 1.72 bits per heavy atom. The minimum atomic E-state index is -0.179. The predicted molar refractivity (Wildman–Crippen MR) is 69.3 cm³/mol. The first-order valence-corrected chi connectivity index (χ1v) is 6.11. The zero-order valence-corrected chi connectivity index (χ0v) is 10.6. The number of nitrogens with one attached hydrogen (secondary N) is 1. The highest BCUT2D eigenvalue weighted by molar-refractivity contribution is 5.75. The molecule has 0 saturated carbocycles.